The molecule has 1 aromatic carbocycles. The first-order chi connectivity index (χ1) is 13.4. The highest BCUT2D eigenvalue weighted by Crippen LogP contribution is 2.29. The Morgan fingerprint density at radius 2 is 1.75 bits per heavy atom. The van der Waals surface area contributed by atoms with Crippen LogP contribution in [0.4, 0.5) is 13.2 Å². The molecule has 3 rings (SSSR count). The molecule has 0 atom stereocenters. The molecule has 0 spiro atoms. The second-order valence-corrected chi connectivity index (χ2v) is 5.73. The maximum absolute atomic E-state index is 12.8. The lowest BCUT2D eigenvalue weighted by Crippen LogP contribution is -2.29. The van der Waals surface area contributed by atoms with E-state index in [-0.39, 0.29) is 24.6 Å². The number of amides is 1. The highest BCUT2D eigenvalue weighted by atomic mass is 19.4. The van der Waals surface area contributed by atoms with Crippen molar-refractivity contribution in [3.8, 4) is 11.5 Å². The Kier molecular flexibility index (Phi) is 5.67. The molecule has 28 heavy (non-hydrogen) atoms. The fourth-order valence-corrected chi connectivity index (χ4v) is 2.40. The lowest BCUT2D eigenvalue weighted by molar-refractivity contribution is -0.137. The predicted molar refractivity (Wildman–Crippen MR) is 92.9 cm³/mol. The normalized spacial score (nSPS) is 11.4. The largest absolute Gasteiger partial charge is 0.494 e. The van der Waals surface area contributed by atoms with Crippen molar-refractivity contribution in [2.45, 2.75) is 19.6 Å². The topological polar surface area (TPSA) is 77.8 Å². The van der Waals surface area contributed by atoms with E-state index < -0.39 is 17.6 Å². The van der Waals surface area contributed by atoms with Gasteiger partial charge in [-0.05, 0) is 43.3 Å². The third-order valence-electron chi connectivity index (χ3n) is 3.75. The van der Waals surface area contributed by atoms with Crippen LogP contribution in [0.1, 0.15) is 18.3 Å². The van der Waals surface area contributed by atoms with E-state index in [9.17, 15) is 18.0 Å². The fourth-order valence-electron chi connectivity index (χ4n) is 2.40. The molecular weight excluding hydrogens is 377 g/mol. The predicted octanol–water partition coefficient (Wildman–Crippen LogP) is 2.84. The third kappa shape index (κ3) is 4.70. The summed E-state index contributed by atoms with van der Waals surface area (Å²) in [6, 6.07) is 8.92. The van der Waals surface area contributed by atoms with E-state index in [1.54, 1.807) is 24.3 Å². The van der Waals surface area contributed by atoms with Gasteiger partial charge in [-0.3, -0.25) is 9.20 Å². The van der Waals surface area contributed by atoms with Crippen LogP contribution in [0.3, 0.4) is 0 Å². The Hall–Kier alpha value is -3.30. The number of benzene rings is 1. The van der Waals surface area contributed by atoms with Crippen LogP contribution >= 0.6 is 0 Å². The minimum atomic E-state index is -4.48. The van der Waals surface area contributed by atoms with E-state index in [0.29, 0.717) is 18.1 Å². The Bertz CT molecular complexity index is 955. The van der Waals surface area contributed by atoms with E-state index in [2.05, 4.69) is 15.5 Å². The van der Waals surface area contributed by atoms with Crippen LogP contribution in [0.25, 0.3) is 5.65 Å². The van der Waals surface area contributed by atoms with Crippen molar-refractivity contribution in [3.63, 3.8) is 0 Å². The van der Waals surface area contributed by atoms with Gasteiger partial charge in [0, 0.05) is 6.20 Å². The summed E-state index contributed by atoms with van der Waals surface area (Å²) in [5.74, 6) is 0.908. The number of carbonyl (C=O) groups excluding carboxylic acids is 1. The number of fused-ring (bicyclic) bond motifs is 1. The van der Waals surface area contributed by atoms with Crippen molar-refractivity contribution < 1.29 is 27.4 Å². The summed E-state index contributed by atoms with van der Waals surface area (Å²) in [5, 5.41) is 10.1. The van der Waals surface area contributed by atoms with Crippen LogP contribution in [0.15, 0.2) is 42.6 Å². The van der Waals surface area contributed by atoms with Gasteiger partial charge in [0.25, 0.3) is 5.91 Å². The maximum Gasteiger partial charge on any atom is 0.417 e. The average molecular weight is 394 g/mol. The minimum Gasteiger partial charge on any atom is -0.494 e. The average Bonchev–Trinajstić information content (AvgIpc) is 3.08. The van der Waals surface area contributed by atoms with Gasteiger partial charge >= 0.3 is 6.18 Å². The summed E-state index contributed by atoms with van der Waals surface area (Å²) in [4.78, 5) is 11.9. The van der Waals surface area contributed by atoms with E-state index >= 15 is 0 Å². The number of nitrogens with one attached hydrogen (secondary N) is 1. The Balaban J connectivity index is 1.57. The van der Waals surface area contributed by atoms with Crippen molar-refractivity contribution >= 4 is 11.6 Å². The molecule has 0 saturated heterocycles. The molecular formula is C18H17F3N4O3. The molecule has 0 aliphatic rings. The van der Waals surface area contributed by atoms with Gasteiger partial charge in [-0.25, -0.2) is 0 Å². The van der Waals surface area contributed by atoms with Gasteiger partial charge in [-0.15, -0.1) is 10.2 Å². The Labute approximate surface area is 158 Å². The Morgan fingerprint density at radius 1 is 1.07 bits per heavy atom. The molecule has 0 radical (unpaired) electrons. The SMILES string of the molecule is CCOc1ccc(OCC(=O)NCc2nnc3ccc(C(F)(F)F)cn23)cc1. The minimum absolute atomic E-state index is 0.0893. The zero-order valence-corrected chi connectivity index (χ0v) is 14.9. The number of carbonyl (C=O) groups is 1. The lowest BCUT2D eigenvalue weighted by atomic mass is 10.3. The van der Waals surface area contributed by atoms with Crippen molar-refractivity contribution in [3.05, 3.63) is 54.0 Å². The summed E-state index contributed by atoms with van der Waals surface area (Å²) in [7, 11) is 0. The number of hydrogen-bond donors (Lipinski definition) is 1. The highest BCUT2D eigenvalue weighted by molar-refractivity contribution is 5.77. The molecule has 1 amide bonds. The zero-order chi connectivity index (χ0) is 20.1. The van der Waals surface area contributed by atoms with Gasteiger partial charge in [-0.1, -0.05) is 0 Å². The molecule has 1 N–H and O–H groups in total. The molecule has 148 valence electrons. The van der Waals surface area contributed by atoms with Gasteiger partial charge in [0.1, 0.15) is 11.5 Å². The van der Waals surface area contributed by atoms with Crippen LogP contribution in [0.5, 0.6) is 11.5 Å². The molecule has 0 saturated carbocycles. The molecule has 2 aromatic heterocycles. The number of hydrogen-bond acceptors (Lipinski definition) is 5. The molecule has 2 heterocycles. The Morgan fingerprint density at radius 3 is 2.39 bits per heavy atom. The molecule has 3 aromatic rings. The number of pyridine rings is 1. The molecule has 7 nitrogen and oxygen atoms in total. The van der Waals surface area contributed by atoms with Crippen LogP contribution in [0, 0.1) is 0 Å². The summed E-state index contributed by atoms with van der Waals surface area (Å²) < 4.78 is 50.4. The number of ether oxygens (including phenoxy) is 2. The number of aromatic nitrogens is 3. The van der Waals surface area contributed by atoms with Gasteiger partial charge < -0.3 is 14.8 Å². The number of nitrogens with zero attached hydrogens (tertiary/aromatic N) is 3. The maximum atomic E-state index is 12.8. The number of alkyl halides is 3. The smallest absolute Gasteiger partial charge is 0.417 e. The van der Waals surface area contributed by atoms with Crippen LogP contribution in [-0.2, 0) is 17.5 Å². The van der Waals surface area contributed by atoms with Crippen molar-refractivity contribution in [2.75, 3.05) is 13.2 Å². The second kappa shape index (κ2) is 8.15. The van der Waals surface area contributed by atoms with Gasteiger partial charge in [0.2, 0.25) is 0 Å². The lowest BCUT2D eigenvalue weighted by Gasteiger charge is -2.09. The van der Waals surface area contributed by atoms with E-state index in [1.807, 2.05) is 6.92 Å². The summed E-state index contributed by atoms with van der Waals surface area (Å²) in [6.07, 6.45) is -3.59. The molecule has 0 aliphatic carbocycles. The van der Waals surface area contributed by atoms with E-state index in [0.717, 1.165) is 12.3 Å². The van der Waals surface area contributed by atoms with Crippen molar-refractivity contribution in [1.29, 1.82) is 0 Å². The van der Waals surface area contributed by atoms with Crippen LogP contribution in [-0.4, -0.2) is 33.7 Å². The van der Waals surface area contributed by atoms with Gasteiger partial charge in [0.15, 0.2) is 18.1 Å². The fraction of sp³-hybridized carbons (Fsp3) is 0.278. The monoisotopic (exact) mass is 394 g/mol. The summed E-state index contributed by atoms with van der Waals surface area (Å²) >= 11 is 0. The third-order valence-corrected chi connectivity index (χ3v) is 3.75. The molecule has 10 heteroatoms. The number of halogens is 3. The van der Waals surface area contributed by atoms with Crippen molar-refractivity contribution in [1.82, 2.24) is 19.9 Å². The van der Waals surface area contributed by atoms with Gasteiger partial charge in [0.05, 0.1) is 18.7 Å². The summed E-state index contributed by atoms with van der Waals surface area (Å²) in [5.41, 5.74) is -0.575. The highest BCUT2D eigenvalue weighted by Gasteiger charge is 2.31. The standard InChI is InChI=1S/C18H17F3N4O3/c1-2-27-13-4-6-14(7-5-13)28-11-17(26)22-9-16-24-23-15-8-3-12(10-25(15)16)18(19,20)21/h3-8,10H,2,9,11H2,1H3,(H,22,26). The van der Waals surface area contributed by atoms with Crippen molar-refractivity contribution in [2.24, 2.45) is 0 Å². The summed E-state index contributed by atoms with van der Waals surface area (Å²) in [6.45, 7) is 2.08. The molecule has 0 aliphatic heterocycles. The van der Waals surface area contributed by atoms with Gasteiger partial charge in [-0.2, -0.15) is 13.2 Å². The van der Waals surface area contributed by atoms with E-state index in [4.69, 9.17) is 9.47 Å². The van der Waals surface area contributed by atoms with Crippen LogP contribution < -0.4 is 14.8 Å². The quantitative estimate of drug-likeness (QED) is 0.667. The zero-order valence-electron chi connectivity index (χ0n) is 14.9. The second-order valence-electron chi connectivity index (χ2n) is 5.73. The molecule has 0 unspecified atom stereocenters. The number of rotatable bonds is 7. The first-order valence-electron chi connectivity index (χ1n) is 8.40. The molecule has 0 fully saturated rings. The molecule has 0 bridgehead atoms. The first kappa shape index (κ1) is 19.5. The first-order valence-corrected chi connectivity index (χ1v) is 8.40. The van der Waals surface area contributed by atoms with E-state index in [1.165, 1.54) is 10.5 Å². The van der Waals surface area contributed by atoms with Crippen LogP contribution in [0.2, 0.25) is 0 Å².